The zero-order chi connectivity index (χ0) is 10.0. The molecule has 0 bridgehead atoms. The zero-order valence-electron chi connectivity index (χ0n) is 8.36. The van der Waals surface area contributed by atoms with Crippen LogP contribution in [0, 0.1) is 22.7 Å². The highest BCUT2D eigenvalue weighted by molar-refractivity contribution is 7.09. The Morgan fingerprint density at radius 1 is 1.79 bits per heavy atom. The normalized spacial score (nSPS) is 31.6. The molecular weight excluding hydrogens is 192 g/mol. The number of thiazole rings is 1. The average molecular weight is 206 g/mol. The molecule has 1 aromatic rings. The molecule has 74 valence electrons. The molecule has 0 aromatic carbocycles. The third-order valence-corrected chi connectivity index (χ3v) is 3.84. The van der Waals surface area contributed by atoms with Gasteiger partial charge in [0.05, 0.1) is 16.5 Å². The molecule has 2 nitrogen and oxygen atoms in total. The van der Waals surface area contributed by atoms with Gasteiger partial charge in [-0.25, -0.2) is 4.98 Å². The number of nitrogens with zero attached hydrogens (tertiary/aromatic N) is 2. The predicted molar refractivity (Wildman–Crippen MR) is 56.9 cm³/mol. The summed E-state index contributed by atoms with van der Waals surface area (Å²) in [6.07, 6.45) is 5.96. The maximum atomic E-state index is 9.26. The summed E-state index contributed by atoms with van der Waals surface area (Å²) in [5.41, 5.74) is -0.114. The van der Waals surface area contributed by atoms with Gasteiger partial charge in [-0.2, -0.15) is 5.26 Å². The lowest BCUT2D eigenvalue weighted by Crippen LogP contribution is -2.17. The molecule has 14 heavy (non-hydrogen) atoms. The average Bonchev–Trinajstić information content (AvgIpc) is 2.77. The van der Waals surface area contributed by atoms with E-state index in [0.717, 1.165) is 24.3 Å². The minimum Gasteiger partial charge on any atom is -0.250 e. The van der Waals surface area contributed by atoms with Gasteiger partial charge in [-0.1, -0.05) is 6.92 Å². The van der Waals surface area contributed by atoms with Gasteiger partial charge < -0.3 is 0 Å². The van der Waals surface area contributed by atoms with Gasteiger partial charge in [0, 0.05) is 18.0 Å². The van der Waals surface area contributed by atoms with Crippen molar-refractivity contribution < 1.29 is 0 Å². The van der Waals surface area contributed by atoms with Crippen LogP contribution < -0.4 is 0 Å². The van der Waals surface area contributed by atoms with Crippen molar-refractivity contribution in [2.75, 3.05) is 0 Å². The first kappa shape index (κ1) is 9.67. The standard InChI is InChI=1S/C11H14N2S/c1-9-2-3-11(6-9,8-12)7-10-13-4-5-14-10/h4-5,9H,2-3,6-7H2,1H3. The number of aromatic nitrogens is 1. The fourth-order valence-electron chi connectivity index (χ4n) is 2.33. The minimum atomic E-state index is -0.114. The van der Waals surface area contributed by atoms with Crippen molar-refractivity contribution in [1.29, 1.82) is 5.26 Å². The van der Waals surface area contributed by atoms with E-state index in [-0.39, 0.29) is 5.41 Å². The van der Waals surface area contributed by atoms with E-state index in [0.29, 0.717) is 5.92 Å². The second-order valence-electron chi connectivity index (χ2n) is 4.34. The van der Waals surface area contributed by atoms with Crippen molar-refractivity contribution in [2.45, 2.75) is 32.6 Å². The molecule has 0 aliphatic heterocycles. The van der Waals surface area contributed by atoms with Crippen molar-refractivity contribution in [2.24, 2.45) is 11.3 Å². The van der Waals surface area contributed by atoms with Crippen molar-refractivity contribution in [3.8, 4) is 6.07 Å². The molecule has 1 saturated carbocycles. The highest BCUT2D eigenvalue weighted by Gasteiger charge is 2.38. The van der Waals surface area contributed by atoms with Crippen molar-refractivity contribution in [1.82, 2.24) is 4.98 Å². The molecule has 1 aliphatic carbocycles. The number of rotatable bonds is 2. The van der Waals surface area contributed by atoms with Crippen LogP contribution in [0.4, 0.5) is 0 Å². The van der Waals surface area contributed by atoms with E-state index < -0.39 is 0 Å². The Morgan fingerprint density at radius 2 is 2.64 bits per heavy atom. The lowest BCUT2D eigenvalue weighted by Gasteiger charge is -2.18. The van der Waals surface area contributed by atoms with Gasteiger partial charge >= 0.3 is 0 Å². The largest absolute Gasteiger partial charge is 0.250 e. The van der Waals surface area contributed by atoms with Gasteiger partial charge in [0.2, 0.25) is 0 Å². The number of hydrogen-bond acceptors (Lipinski definition) is 3. The Hall–Kier alpha value is -0.880. The lowest BCUT2D eigenvalue weighted by molar-refractivity contribution is 0.390. The molecule has 0 radical (unpaired) electrons. The molecule has 0 spiro atoms. The summed E-state index contributed by atoms with van der Waals surface area (Å²) in [7, 11) is 0. The maximum absolute atomic E-state index is 9.26. The summed E-state index contributed by atoms with van der Waals surface area (Å²) in [6.45, 7) is 2.24. The summed E-state index contributed by atoms with van der Waals surface area (Å²) in [6, 6.07) is 2.51. The highest BCUT2D eigenvalue weighted by Crippen LogP contribution is 2.43. The Bertz CT molecular complexity index is 339. The van der Waals surface area contributed by atoms with Crippen LogP contribution in [0.25, 0.3) is 0 Å². The third-order valence-electron chi connectivity index (χ3n) is 3.07. The Labute approximate surface area is 88.6 Å². The Morgan fingerprint density at radius 3 is 3.14 bits per heavy atom. The summed E-state index contributed by atoms with van der Waals surface area (Å²) in [5, 5.41) is 12.4. The molecule has 2 unspecified atom stereocenters. The number of hydrogen-bond donors (Lipinski definition) is 0. The van der Waals surface area contributed by atoms with E-state index in [9.17, 15) is 5.26 Å². The van der Waals surface area contributed by atoms with Gasteiger partial charge in [0.15, 0.2) is 0 Å². The van der Waals surface area contributed by atoms with Crippen molar-refractivity contribution in [3.05, 3.63) is 16.6 Å². The Balaban J connectivity index is 2.12. The summed E-state index contributed by atoms with van der Waals surface area (Å²) >= 11 is 1.66. The van der Waals surface area contributed by atoms with E-state index in [1.807, 2.05) is 11.6 Å². The summed E-state index contributed by atoms with van der Waals surface area (Å²) in [4.78, 5) is 4.27. The maximum Gasteiger partial charge on any atom is 0.0940 e. The molecule has 0 N–H and O–H groups in total. The molecule has 0 saturated heterocycles. The van der Waals surface area contributed by atoms with Crippen LogP contribution in [-0.2, 0) is 6.42 Å². The lowest BCUT2D eigenvalue weighted by atomic mass is 9.84. The smallest absolute Gasteiger partial charge is 0.0940 e. The topological polar surface area (TPSA) is 36.7 Å². The molecule has 1 aromatic heterocycles. The van der Waals surface area contributed by atoms with Crippen LogP contribution in [0.2, 0.25) is 0 Å². The molecular formula is C11H14N2S. The number of nitriles is 1. The monoisotopic (exact) mass is 206 g/mol. The van der Waals surface area contributed by atoms with Crippen LogP contribution in [0.15, 0.2) is 11.6 Å². The van der Waals surface area contributed by atoms with E-state index in [2.05, 4.69) is 18.0 Å². The van der Waals surface area contributed by atoms with Gasteiger partial charge in [-0.15, -0.1) is 11.3 Å². The second-order valence-corrected chi connectivity index (χ2v) is 5.32. The molecule has 1 heterocycles. The fraction of sp³-hybridized carbons (Fsp3) is 0.636. The van der Waals surface area contributed by atoms with Crippen LogP contribution in [0.3, 0.4) is 0 Å². The quantitative estimate of drug-likeness (QED) is 0.745. The summed E-state index contributed by atoms with van der Waals surface area (Å²) in [5.74, 6) is 0.703. The van der Waals surface area contributed by atoms with Gasteiger partial charge in [-0.05, 0) is 25.2 Å². The van der Waals surface area contributed by atoms with E-state index in [4.69, 9.17) is 0 Å². The molecule has 2 atom stereocenters. The van der Waals surface area contributed by atoms with Crippen LogP contribution >= 0.6 is 11.3 Å². The second kappa shape index (κ2) is 3.70. The molecule has 1 aliphatic rings. The molecule has 2 rings (SSSR count). The first-order chi connectivity index (χ1) is 6.74. The van der Waals surface area contributed by atoms with E-state index in [1.165, 1.54) is 6.42 Å². The van der Waals surface area contributed by atoms with Gasteiger partial charge in [0.1, 0.15) is 0 Å². The third kappa shape index (κ3) is 1.80. The van der Waals surface area contributed by atoms with Crippen LogP contribution in [-0.4, -0.2) is 4.98 Å². The van der Waals surface area contributed by atoms with Gasteiger partial charge in [-0.3, -0.25) is 0 Å². The molecule has 3 heteroatoms. The zero-order valence-corrected chi connectivity index (χ0v) is 9.18. The van der Waals surface area contributed by atoms with Crippen molar-refractivity contribution in [3.63, 3.8) is 0 Å². The summed E-state index contributed by atoms with van der Waals surface area (Å²) < 4.78 is 0. The van der Waals surface area contributed by atoms with E-state index in [1.54, 1.807) is 11.3 Å². The fourth-order valence-corrected chi connectivity index (χ4v) is 3.09. The first-order valence-electron chi connectivity index (χ1n) is 5.04. The SMILES string of the molecule is CC1CCC(C#N)(Cc2nccs2)C1. The first-order valence-corrected chi connectivity index (χ1v) is 5.92. The van der Waals surface area contributed by atoms with Crippen molar-refractivity contribution >= 4 is 11.3 Å². The highest BCUT2D eigenvalue weighted by atomic mass is 32.1. The van der Waals surface area contributed by atoms with Crippen LogP contribution in [0.5, 0.6) is 0 Å². The molecule has 0 amide bonds. The van der Waals surface area contributed by atoms with Gasteiger partial charge in [0.25, 0.3) is 0 Å². The van der Waals surface area contributed by atoms with Crippen LogP contribution in [0.1, 0.15) is 31.2 Å². The predicted octanol–water partition coefficient (Wildman–Crippen LogP) is 3.02. The minimum absolute atomic E-state index is 0.114. The van der Waals surface area contributed by atoms with E-state index >= 15 is 0 Å². The molecule has 1 fully saturated rings. The Kier molecular flexibility index (Phi) is 2.56.